The summed E-state index contributed by atoms with van der Waals surface area (Å²) in [5.41, 5.74) is 2.28. The summed E-state index contributed by atoms with van der Waals surface area (Å²) in [5.74, 6) is 0.843. The van der Waals surface area contributed by atoms with E-state index in [0.717, 1.165) is 11.5 Å². The van der Waals surface area contributed by atoms with Crippen LogP contribution in [-0.2, 0) is 0 Å². The van der Waals surface area contributed by atoms with Crippen molar-refractivity contribution >= 4 is 0 Å². The van der Waals surface area contributed by atoms with Gasteiger partial charge in [0.05, 0.1) is 0 Å². The van der Waals surface area contributed by atoms with Crippen LogP contribution in [0.25, 0.3) is 0 Å². The van der Waals surface area contributed by atoms with Gasteiger partial charge in [-0.1, -0.05) is 13.3 Å². The lowest BCUT2D eigenvalue weighted by Crippen LogP contribution is -2.29. The zero-order chi connectivity index (χ0) is 12.1. The van der Waals surface area contributed by atoms with Crippen LogP contribution in [0.15, 0.2) is 6.20 Å². The lowest BCUT2D eigenvalue weighted by Gasteiger charge is -2.20. The molecule has 0 bridgehead atoms. The van der Waals surface area contributed by atoms with E-state index in [1.165, 1.54) is 18.4 Å². The molecule has 2 unspecified atom stereocenters. The minimum atomic E-state index is 0.321. The van der Waals surface area contributed by atoms with Gasteiger partial charge in [0.15, 0.2) is 0 Å². The van der Waals surface area contributed by atoms with Crippen molar-refractivity contribution in [3.05, 3.63) is 23.3 Å². The Morgan fingerprint density at radius 1 is 1.31 bits per heavy atom. The van der Waals surface area contributed by atoms with Crippen molar-refractivity contribution in [2.45, 2.75) is 59.5 Å². The molecule has 1 aromatic rings. The molecule has 0 fully saturated rings. The van der Waals surface area contributed by atoms with Crippen molar-refractivity contribution < 1.29 is 0 Å². The number of aromatic nitrogens is 2. The molecule has 0 aliphatic heterocycles. The molecule has 1 heterocycles. The predicted molar refractivity (Wildman–Crippen MR) is 67.4 cm³/mol. The van der Waals surface area contributed by atoms with Crippen molar-refractivity contribution in [3.8, 4) is 0 Å². The molecule has 90 valence electrons. The Morgan fingerprint density at radius 2 is 2.00 bits per heavy atom. The summed E-state index contributed by atoms with van der Waals surface area (Å²) in [5, 5.41) is 3.58. The van der Waals surface area contributed by atoms with E-state index in [0.29, 0.717) is 12.1 Å². The minimum absolute atomic E-state index is 0.321. The van der Waals surface area contributed by atoms with Gasteiger partial charge in [0.25, 0.3) is 0 Å². The van der Waals surface area contributed by atoms with Gasteiger partial charge >= 0.3 is 0 Å². The molecule has 0 amide bonds. The highest BCUT2D eigenvalue weighted by Crippen LogP contribution is 2.15. The SMILES string of the molecule is CCCC(C)NC(C)c1cnc(C)nc1C. The van der Waals surface area contributed by atoms with E-state index in [-0.39, 0.29) is 0 Å². The zero-order valence-corrected chi connectivity index (χ0v) is 11.0. The molecule has 0 saturated heterocycles. The lowest BCUT2D eigenvalue weighted by molar-refractivity contribution is 0.450. The van der Waals surface area contributed by atoms with Gasteiger partial charge in [-0.25, -0.2) is 9.97 Å². The van der Waals surface area contributed by atoms with Gasteiger partial charge in [-0.2, -0.15) is 0 Å². The van der Waals surface area contributed by atoms with E-state index in [1.807, 2.05) is 20.0 Å². The van der Waals surface area contributed by atoms with Crippen LogP contribution in [0.2, 0.25) is 0 Å². The number of hydrogen-bond acceptors (Lipinski definition) is 3. The standard InChI is InChI=1S/C13H23N3/c1-6-7-9(2)15-10(3)13-8-14-12(5)16-11(13)4/h8-10,15H,6-7H2,1-5H3. The number of nitrogens with one attached hydrogen (secondary N) is 1. The smallest absolute Gasteiger partial charge is 0.125 e. The topological polar surface area (TPSA) is 37.8 Å². The first kappa shape index (κ1) is 13.1. The third kappa shape index (κ3) is 3.56. The number of aryl methyl sites for hydroxylation is 2. The predicted octanol–water partition coefficient (Wildman–Crippen LogP) is 2.93. The quantitative estimate of drug-likeness (QED) is 0.830. The summed E-state index contributed by atoms with van der Waals surface area (Å²) < 4.78 is 0. The Morgan fingerprint density at radius 3 is 2.56 bits per heavy atom. The Bertz CT molecular complexity index is 336. The molecule has 0 aromatic carbocycles. The van der Waals surface area contributed by atoms with Crippen LogP contribution < -0.4 is 5.32 Å². The molecule has 16 heavy (non-hydrogen) atoms. The molecule has 0 radical (unpaired) electrons. The monoisotopic (exact) mass is 221 g/mol. The Hall–Kier alpha value is -0.960. The summed E-state index contributed by atoms with van der Waals surface area (Å²) in [6, 6.07) is 0.864. The second kappa shape index (κ2) is 5.94. The summed E-state index contributed by atoms with van der Waals surface area (Å²) in [4.78, 5) is 8.66. The van der Waals surface area contributed by atoms with Gasteiger partial charge in [0.2, 0.25) is 0 Å². The fraction of sp³-hybridized carbons (Fsp3) is 0.692. The maximum absolute atomic E-state index is 4.40. The maximum atomic E-state index is 4.40. The van der Waals surface area contributed by atoms with Crippen molar-refractivity contribution in [2.75, 3.05) is 0 Å². The van der Waals surface area contributed by atoms with E-state index < -0.39 is 0 Å². The Labute approximate surface area is 98.7 Å². The van der Waals surface area contributed by atoms with E-state index in [2.05, 4.69) is 36.1 Å². The molecule has 0 aliphatic rings. The normalized spacial score (nSPS) is 14.8. The second-order valence-corrected chi connectivity index (χ2v) is 4.54. The summed E-state index contributed by atoms with van der Waals surface area (Å²) >= 11 is 0. The van der Waals surface area contributed by atoms with Crippen LogP contribution in [0.5, 0.6) is 0 Å². The molecule has 1 aromatic heterocycles. The fourth-order valence-corrected chi connectivity index (χ4v) is 2.05. The van der Waals surface area contributed by atoms with Gasteiger partial charge in [0, 0.05) is 29.5 Å². The molecular weight excluding hydrogens is 198 g/mol. The van der Waals surface area contributed by atoms with Crippen LogP contribution in [0.1, 0.15) is 56.7 Å². The van der Waals surface area contributed by atoms with Gasteiger partial charge in [-0.05, 0) is 34.1 Å². The van der Waals surface area contributed by atoms with Gasteiger partial charge < -0.3 is 5.32 Å². The molecule has 2 atom stereocenters. The number of hydrogen-bond donors (Lipinski definition) is 1. The van der Waals surface area contributed by atoms with Gasteiger partial charge in [-0.15, -0.1) is 0 Å². The first-order valence-electron chi connectivity index (χ1n) is 6.10. The molecule has 1 rings (SSSR count). The molecule has 0 spiro atoms. The highest BCUT2D eigenvalue weighted by molar-refractivity contribution is 5.19. The van der Waals surface area contributed by atoms with Crippen molar-refractivity contribution in [3.63, 3.8) is 0 Å². The molecule has 3 nitrogen and oxygen atoms in total. The van der Waals surface area contributed by atoms with E-state index >= 15 is 0 Å². The fourth-order valence-electron chi connectivity index (χ4n) is 2.05. The van der Waals surface area contributed by atoms with Crippen molar-refractivity contribution in [1.29, 1.82) is 0 Å². The van der Waals surface area contributed by atoms with Crippen LogP contribution in [0.3, 0.4) is 0 Å². The number of rotatable bonds is 5. The Balaban J connectivity index is 2.69. The van der Waals surface area contributed by atoms with Crippen LogP contribution in [0, 0.1) is 13.8 Å². The van der Waals surface area contributed by atoms with Crippen LogP contribution in [-0.4, -0.2) is 16.0 Å². The first-order chi connectivity index (χ1) is 7.54. The average Bonchev–Trinajstić information content (AvgIpc) is 2.17. The highest BCUT2D eigenvalue weighted by Gasteiger charge is 2.12. The van der Waals surface area contributed by atoms with Gasteiger partial charge in [0.1, 0.15) is 5.82 Å². The van der Waals surface area contributed by atoms with Crippen LogP contribution in [0.4, 0.5) is 0 Å². The molecule has 1 N–H and O–H groups in total. The van der Waals surface area contributed by atoms with E-state index in [4.69, 9.17) is 0 Å². The minimum Gasteiger partial charge on any atom is -0.308 e. The molecule has 0 saturated carbocycles. The molecular formula is C13H23N3. The second-order valence-electron chi connectivity index (χ2n) is 4.54. The maximum Gasteiger partial charge on any atom is 0.125 e. The van der Waals surface area contributed by atoms with Gasteiger partial charge in [-0.3, -0.25) is 0 Å². The lowest BCUT2D eigenvalue weighted by atomic mass is 10.1. The number of nitrogens with zero attached hydrogens (tertiary/aromatic N) is 2. The molecule has 0 aliphatic carbocycles. The first-order valence-corrected chi connectivity index (χ1v) is 6.10. The molecule has 3 heteroatoms. The highest BCUT2D eigenvalue weighted by atomic mass is 15.0. The van der Waals surface area contributed by atoms with E-state index in [1.54, 1.807) is 0 Å². The zero-order valence-electron chi connectivity index (χ0n) is 11.0. The van der Waals surface area contributed by atoms with Crippen LogP contribution >= 0.6 is 0 Å². The van der Waals surface area contributed by atoms with E-state index in [9.17, 15) is 0 Å². The Kier molecular flexibility index (Phi) is 4.87. The third-order valence-corrected chi connectivity index (χ3v) is 2.86. The summed E-state index contributed by atoms with van der Waals surface area (Å²) in [7, 11) is 0. The third-order valence-electron chi connectivity index (χ3n) is 2.86. The average molecular weight is 221 g/mol. The van der Waals surface area contributed by atoms with Crippen molar-refractivity contribution in [2.24, 2.45) is 0 Å². The summed E-state index contributed by atoms with van der Waals surface area (Å²) in [6.07, 6.45) is 4.36. The summed E-state index contributed by atoms with van der Waals surface area (Å²) in [6.45, 7) is 10.6. The largest absolute Gasteiger partial charge is 0.308 e. The van der Waals surface area contributed by atoms with Crippen molar-refractivity contribution in [1.82, 2.24) is 15.3 Å².